The first-order valence-corrected chi connectivity index (χ1v) is 8.16. The van der Waals surface area contributed by atoms with Gasteiger partial charge in [-0.15, -0.1) is 0 Å². The summed E-state index contributed by atoms with van der Waals surface area (Å²) in [6.07, 6.45) is 6.05. The van der Waals surface area contributed by atoms with Crippen molar-refractivity contribution in [3.05, 3.63) is 0 Å². The van der Waals surface area contributed by atoms with Crippen molar-refractivity contribution in [3.63, 3.8) is 0 Å². The van der Waals surface area contributed by atoms with Gasteiger partial charge in [0, 0.05) is 25.7 Å². The van der Waals surface area contributed by atoms with E-state index in [4.69, 9.17) is 10.7 Å². The number of rotatable bonds is 6. The molecule has 0 atom stereocenters. The summed E-state index contributed by atoms with van der Waals surface area (Å²) in [7, 11) is 0. The molecule has 1 saturated carbocycles. The maximum absolute atomic E-state index is 5.93. The molecule has 1 aliphatic carbocycles. The third kappa shape index (κ3) is 3.54. The molecule has 0 bridgehead atoms. The molecule has 2 heterocycles. The van der Waals surface area contributed by atoms with E-state index in [1.165, 1.54) is 25.7 Å². The lowest BCUT2D eigenvalue weighted by molar-refractivity contribution is 0.565. The van der Waals surface area contributed by atoms with E-state index in [-0.39, 0.29) is 0 Å². The predicted octanol–water partition coefficient (Wildman–Crippen LogP) is 2.07. The molecule has 1 aliphatic heterocycles. The van der Waals surface area contributed by atoms with Crippen molar-refractivity contribution in [1.82, 2.24) is 15.0 Å². The first kappa shape index (κ1) is 14.4. The van der Waals surface area contributed by atoms with Gasteiger partial charge in [-0.3, -0.25) is 0 Å². The smallest absolute Gasteiger partial charge is 0.232 e. The molecule has 1 saturated heterocycles. The van der Waals surface area contributed by atoms with Gasteiger partial charge in [0.05, 0.1) is 0 Å². The molecule has 2 aliphatic rings. The molecule has 0 amide bonds. The van der Waals surface area contributed by atoms with Crippen LogP contribution in [0.5, 0.6) is 0 Å². The molecule has 6 heteroatoms. The average Bonchev–Trinajstić information content (AvgIpc) is 3.12. The van der Waals surface area contributed by atoms with Gasteiger partial charge in [-0.05, 0) is 38.0 Å². The normalized spacial score (nSPS) is 18.5. The third-order valence-electron chi connectivity index (χ3n) is 4.21. The minimum atomic E-state index is 0.345. The Morgan fingerprint density at radius 2 is 1.90 bits per heavy atom. The molecule has 21 heavy (non-hydrogen) atoms. The van der Waals surface area contributed by atoms with Gasteiger partial charge in [-0.25, -0.2) is 0 Å². The van der Waals surface area contributed by atoms with Gasteiger partial charge >= 0.3 is 0 Å². The Kier molecular flexibility index (Phi) is 4.12. The number of anilines is 3. The van der Waals surface area contributed by atoms with E-state index in [9.17, 15) is 0 Å². The topological polar surface area (TPSA) is 71.2 Å². The first-order valence-electron chi connectivity index (χ1n) is 8.16. The first-order chi connectivity index (χ1) is 10.1. The maximum atomic E-state index is 5.93. The van der Waals surface area contributed by atoms with Gasteiger partial charge < -0.3 is 15.5 Å². The highest BCUT2D eigenvalue weighted by atomic mass is 15.4. The standard InChI is InChI=1S/C15H26N6/c1-11(2)7-10-21(12-5-6-12)15-18-13(16)17-14(19-15)20-8-3-4-9-20/h11-12H,3-10H2,1-2H3,(H2,16,17,18,19). The van der Waals surface area contributed by atoms with E-state index >= 15 is 0 Å². The molecule has 3 rings (SSSR count). The van der Waals surface area contributed by atoms with E-state index < -0.39 is 0 Å². The van der Waals surface area contributed by atoms with E-state index in [0.29, 0.717) is 17.9 Å². The van der Waals surface area contributed by atoms with Gasteiger partial charge in [0.15, 0.2) is 0 Å². The molecule has 0 aromatic carbocycles. The monoisotopic (exact) mass is 290 g/mol. The summed E-state index contributed by atoms with van der Waals surface area (Å²) >= 11 is 0. The third-order valence-corrected chi connectivity index (χ3v) is 4.21. The van der Waals surface area contributed by atoms with Crippen LogP contribution in [0.3, 0.4) is 0 Å². The Morgan fingerprint density at radius 3 is 2.52 bits per heavy atom. The van der Waals surface area contributed by atoms with Gasteiger partial charge in [-0.2, -0.15) is 15.0 Å². The number of nitrogens with two attached hydrogens (primary N) is 1. The maximum Gasteiger partial charge on any atom is 0.232 e. The van der Waals surface area contributed by atoms with Crippen molar-refractivity contribution in [1.29, 1.82) is 0 Å². The summed E-state index contributed by atoms with van der Waals surface area (Å²) in [6.45, 7) is 7.56. The molecular formula is C15H26N6. The van der Waals surface area contributed by atoms with Crippen LogP contribution >= 0.6 is 0 Å². The molecule has 6 nitrogen and oxygen atoms in total. The quantitative estimate of drug-likeness (QED) is 0.865. The highest BCUT2D eigenvalue weighted by molar-refractivity contribution is 5.45. The zero-order valence-electron chi connectivity index (χ0n) is 13.1. The van der Waals surface area contributed by atoms with Crippen molar-refractivity contribution >= 4 is 17.8 Å². The van der Waals surface area contributed by atoms with Crippen molar-refractivity contribution in [2.45, 2.75) is 52.0 Å². The zero-order valence-corrected chi connectivity index (χ0v) is 13.1. The number of hydrogen-bond donors (Lipinski definition) is 1. The minimum Gasteiger partial charge on any atom is -0.368 e. The summed E-state index contributed by atoms with van der Waals surface area (Å²) in [5.74, 6) is 2.55. The summed E-state index contributed by atoms with van der Waals surface area (Å²) in [5.41, 5.74) is 5.93. The zero-order chi connectivity index (χ0) is 14.8. The van der Waals surface area contributed by atoms with Crippen molar-refractivity contribution in [3.8, 4) is 0 Å². The summed E-state index contributed by atoms with van der Waals surface area (Å²) in [6, 6.07) is 0.594. The fourth-order valence-corrected chi connectivity index (χ4v) is 2.79. The molecule has 1 aromatic heterocycles. The van der Waals surface area contributed by atoms with E-state index in [2.05, 4.69) is 33.6 Å². The number of nitrogens with zero attached hydrogens (tertiary/aromatic N) is 5. The largest absolute Gasteiger partial charge is 0.368 e. The Bertz CT molecular complexity index is 479. The van der Waals surface area contributed by atoms with Crippen LogP contribution in [-0.2, 0) is 0 Å². The Morgan fingerprint density at radius 1 is 1.19 bits per heavy atom. The Labute approximate surface area is 126 Å². The SMILES string of the molecule is CC(C)CCN(c1nc(N)nc(N2CCCC2)n1)C1CC1. The number of aromatic nitrogens is 3. The van der Waals surface area contributed by atoms with Crippen LogP contribution in [0.25, 0.3) is 0 Å². The lowest BCUT2D eigenvalue weighted by Gasteiger charge is -2.25. The molecule has 1 aromatic rings. The van der Waals surface area contributed by atoms with Crippen LogP contribution in [-0.4, -0.2) is 40.6 Å². The molecule has 0 radical (unpaired) electrons. The summed E-state index contributed by atoms with van der Waals surface area (Å²) in [5, 5.41) is 0. The van der Waals surface area contributed by atoms with Crippen molar-refractivity contribution < 1.29 is 0 Å². The fraction of sp³-hybridized carbons (Fsp3) is 0.800. The van der Waals surface area contributed by atoms with Crippen LogP contribution in [0.15, 0.2) is 0 Å². The van der Waals surface area contributed by atoms with Crippen LogP contribution in [0.1, 0.15) is 46.0 Å². The van der Waals surface area contributed by atoms with E-state index in [1.54, 1.807) is 0 Å². The van der Waals surface area contributed by atoms with Gasteiger partial charge in [0.25, 0.3) is 0 Å². The second-order valence-corrected chi connectivity index (χ2v) is 6.59. The second kappa shape index (κ2) is 6.03. The van der Waals surface area contributed by atoms with Gasteiger partial charge in [0.1, 0.15) is 0 Å². The summed E-state index contributed by atoms with van der Waals surface area (Å²) < 4.78 is 0. The Hall–Kier alpha value is -1.59. The average molecular weight is 290 g/mol. The van der Waals surface area contributed by atoms with Gasteiger partial charge in [-0.1, -0.05) is 13.8 Å². The molecule has 2 fully saturated rings. The van der Waals surface area contributed by atoms with Crippen molar-refractivity contribution in [2.75, 3.05) is 35.2 Å². The lowest BCUT2D eigenvalue weighted by Crippen LogP contribution is -2.31. The fourth-order valence-electron chi connectivity index (χ4n) is 2.79. The minimum absolute atomic E-state index is 0.345. The molecule has 2 N–H and O–H groups in total. The van der Waals surface area contributed by atoms with Crippen molar-refractivity contribution in [2.24, 2.45) is 5.92 Å². The number of nitrogen functional groups attached to an aromatic ring is 1. The lowest BCUT2D eigenvalue weighted by atomic mass is 10.1. The summed E-state index contributed by atoms with van der Waals surface area (Å²) in [4.78, 5) is 18.0. The van der Waals surface area contributed by atoms with Crippen LogP contribution in [0.4, 0.5) is 17.8 Å². The highest BCUT2D eigenvalue weighted by Crippen LogP contribution is 2.31. The van der Waals surface area contributed by atoms with Crippen LogP contribution in [0.2, 0.25) is 0 Å². The molecular weight excluding hydrogens is 264 g/mol. The number of hydrogen-bond acceptors (Lipinski definition) is 6. The molecule has 116 valence electrons. The predicted molar refractivity (Wildman–Crippen MR) is 85.5 cm³/mol. The van der Waals surface area contributed by atoms with E-state index in [1.807, 2.05) is 0 Å². The van der Waals surface area contributed by atoms with E-state index in [0.717, 1.165) is 38.0 Å². The van der Waals surface area contributed by atoms with Crippen LogP contribution in [0, 0.1) is 5.92 Å². The van der Waals surface area contributed by atoms with Gasteiger partial charge in [0.2, 0.25) is 17.8 Å². The Balaban J connectivity index is 1.81. The molecule has 0 spiro atoms. The molecule has 0 unspecified atom stereocenters. The second-order valence-electron chi connectivity index (χ2n) is 6.59. The van der Waals surface area contributed by atoms with Crippen LogP contribution < -0.4 is 15.5 Å². The highest BCUT2D eigenvalue weighted by Gasteiger charge is 2.31.